The van der Waals surface area contributed by atoms with Crippen LogP contribution in [-0.2, 0) is 11.3 Å². The number of likely N-dealkylation sites (tertiary alicyclic amines) is 1. The Bertz CT molecular complexity index is 405. The number of hydrogen-bond donors (Lipinski definition) is 1. The minimum absolute atomic E-state index is 0.193. The summed E-state index contributed by atoms with van der Waals surface area (Å²) in [5.41, 5.74) is 5.20. The molecule has 0 unspecified atom stereocenters. The molecule has 1 saturated heterocycles. The maximum Gasteiger partial charge on any atom is 0.217 e. The van der Waals surface area contributed by atoms with Crippen LogP contribution in [0.2, 0.25) is 0 Å². The molecule has 1 aliphatic heterocycles. The van der Waals surface area contributed by atoms with E-state index in [1.807, 2.05) is 12.1 Å². The number of hydrogen-bond acceptors (Lipinski definition) is 3. The van der Waals surface area contributed by atoms with E-state index < -0.39 is 0 Å². The molecule has 100 valence electrons. The normalized spacial score (nSPS) is 21.1. The van der Waals surface area contributed by atoms with Crippen LogP contribution in [0.1, 0.15) is 31.4 Å². The number of halogens is 1. The van der Waals surface area contributed by atoms with Crippen LogP contribution in [0.15, 0.2) is 21.2 Å². The largest absolute Gasteiger partial charge is 0.453 e. The van der Waals surface area contributed by atoms with Crippen molar-refractivity contribution >= 4 is 21.8 Å². The van der Waals surface area contributed by atoms with Crippen molar-refractivity contribution < 1.29 is 9.21 Å². The maximum absolute atomic E-state index is 10.8. The molecule has 2 N–H and O–H groups in total. The van der Waals surface area contributed by atoms with Gasteiger partial charge >= 0.3 is 0 Å². The van der Waals surface area contributed by atoms with Gasteiger partial charge in [-0.2, -0.15) is 0 Å². The van der Waals surface area contributed by atoms with E-state index in [-0.39, 0.29) is 5.91 Å². The molecular weight excluding hydrogens is 296 g/mol. The van der Waals surface area contributed by atoms with Gasteiger partial charge in [-0.05, 0) is 59.8 Å². The SMILES string of the molecule is NC(=O)CC[C@H]1CCCN(Cc2ccc(Br)o2)C1. The lowest BCUT2D eigenvalue weighted by Gasteiger charge is -2.31. The Balaban J connectivity index is 1.81. The van der Waals surface area contributed by atoms with Crippen LogP contribution >= 0.6 is 15.9 Å². The van der Waals surface area contributed by atoms with Crippen molar-refractivity contribution in [2.45, 2.75) is 32.2 Å². The van der Waals surface area contributed by atoms with E-state index in [0.717, 1.165) is 36.5 Å². The van der Waals surface area contributed by atoms with Gasteiger partial charge in [-0.1, -0.05) is 0 Å². The summed E-state index contributed by atoms with van der Waals surface area (Å²) in [5, 5.41) is 0. The van der Waals surface area contributed by atoms with E-state index in [2.05, 4.69) is 20.8 Å². The van der Waals surface area contributed by atoms with Crippen molar-refractivity contribution in [1.82, 2.24) is 4.90 Å². The highest BCUT2D eigenvalue weighted by molar-refractivity contribution is 9.10. The average Bonchev–Trinajstić information content (AvgIpc) is 2.73. The number of carbonyl (C=O) groups excluding carboxylic acids is 1. The third-order valence-corrected chi connectivity index (χ3v) is 3.84. The summed E-state index contributed by atoms with van der Waals surface area (Å²) in [7, 11) is 0. The molecule has 1 aliphatic rings. The zero-order valence-electron chi connectivity index (χ0n) is 10.4. The Morgan fingerprint density at radius 3 is 3.06 bits per heavy atom. The monoisotopic (exact) mass is 314 g/mol. The third kappa shape index (κ3) is 4.14. The summed E-state index contributed by atoms with van der Waals surface area (Å²) in [6, 6.07) is 3.92. The smallest absolute Gasteiger partial charge is 0.217 e. The van der Waals surface area contributed by atoms with Gasteiger partial charge in [-0.25, -0.2) is 0 Å². The summed E-state index contributed by atoms with van der Waals surface area (Å²) < 4.78 is 6.30. The maximum atomic E-state index is 10.8. The van der Waals surface area contributed by atoms with Crippen LogP contribution in [0.3, 0.4) is 0 Å². The van der Waals surface area contributed by atoms with Crippen LogP contribution < -0.4 is 5.73 Å². The van der Waals surface area contributed by atoms with Crippen LogP contribution in [0.4, 0.5) is 0 Å². The Labute approximate surface area is 116 Å². The van der Waals surface area contributed by atoms with Gasteiger partial charge in [0.25, 0.3) is 0 Å². The topological polar surface area (TPSA) is 59.5 Å². The van der Waals surface area contributed by atoms with Crippen molar-refractivity contribution in [3.63, 3.8) is 0 Å². The highest BCUT2D eigenvalue weighted by Crippen LogP contribution is 2.23. The lowest BCUT2D eigenvalue weighted by atomic mass is 9.93. The Morgan fingerprint density at radius 2 is 2.39 bits per heavy atom. The number of carbonyl (C=O) groups is 1. The fourth-order valence-electron chi connectivity index (χ4n) is 2.53. The van der Waals surface area contributed by atoms with E-state index in [1.165, 1.54) is 12.8 Å². The standard InChI is InChI=1S/C13H19BrN2O2/c14-12-5-4-11(18-12)9-16-7-1-2-10(8-16)3-6-13(15)17/h4-5,10H,1-3,6-9H2,(H2,15,17)/t10-/m1/s1. The summed E-state index contributed by atoms with van der Waals surface area (Å²) >= 11 is 3.31. The lowest BCUT2D eigenvalue weighted by Crippen LogP contribution is -2.35. The molecule has 0 saturated carbocycles. The molecule has 1 fully saturated rings. The van der Waals surface area contributed by atoms with Gasteiger partial charge in [-0.15, -0.1) is 0 Å². The molecule has 18 heavy (non-hydrogen) atoms. The van der Waals surface area contributed by atoms with Crippen molar-refractivity contribution in [3.05, 3.63) is 22.6 Å². The van der Waals surface area contributed by atoms with E-state index in [1.54, 1.807) is 0 Å². The van der Waals surface area contributed by atoms with Gasteiger partial charge in [0.2, 0.25) is 5.91 Å². The highest BCUT2D eigenvalue weighted by Gasteiger charge is 2.21. The van der Waals surface area contributed by atoms with Gasteiger partial charge in [-0.3, -0.25) is 9.69 Å². The van der Waals surface area contributed by atoms with Crippen molar-refractivity contribution in [2.24, 2.45) is 11.7 Å². The lowest BCUT2D eigenvalue weighted by molar-refractivity contribution is -0.118. The molecule has 0 spiro atoms. The van der Waals surface area contributed by atoms with Gasteiger partial charge in [0.1, 0.15) is 5.76 Å². The van der Waals surface area contributed by atoms with E-state index in [9.17, 15) is 4.79 Å². The minimum atomic E-state index is -0.193. The summed E-state index contributed by atoms with van der Waals surface area (Å²) in [4.78, 5) is 13.2. The fraction of sp³-hybridized carbons (Fsp3) is 0.615. The first-order valence-electron chi connectivity index (χ1n) is 6.38. The Morgan fingerprint density at radius 1 is 1.56 bits per heavy atom. The predicted molar refractivity (Wildman–Crippen MR) is 72.8 cm³/mol. The molecule has 0 aliphatic carbocycles. The molecule has 1 aromatic heterocycles. The van der Waals surface area contributed by atoms with Gasteiger partial charge in [0.15, 0.2) is 4.67 Å². The summed E-state index contributed by atoms with van der Waals surface area (Å²) in [5.74, 6) is 1.38. The van der Waals surface area contributed by atoms with Crippen molar-refractivity contribution in [1.29, 1.82) is 0 Å². The van der Waals surface area contributed by atoms with Crippen molar-refractivity contribution in [3.8, 4) is 0 Å². The molecule has 4 nitrogen and oxygen atoms in total. The second-order valence-corrected chi connectivity index (χ2v) is 5.74. The number of furan rings is 1. The first-order chi connectivity index (χ1) is 8.63. The van der Waals surface area contributed by atoms with E-state index in [4.69, 9.17) is 10.2 Å². The summed E-state index contributed by atoms with van der Waals surface area (Å²) in [6.07, 6.45) is 3.80. The summed E-state index contributed by atoms with van der Waals surface area (Å²) in [6.45, 7) is 2.98. The molecule has 5 heteroatoms. The quantitative estimate of drug-likeness (QED) is 0.908. The first kappa shape index (κ1) is 13.6. The number of rotatable bonds is 5. The molecule has 1 aromatic rings. The predicted octanol–water partition coefficient (Wildman–Crippen LogP) is 2.52. The average molecular weight is 315 g/mol. The number of nitrogens with zero attached hydrogens (tertiary/aromatic N) is 1. The number of primary amides is 1. The van der Waals surface area contributed by atoms with Gasteiger partial charge in [0.05, 0.1) is 6.54 Å². The number of nitrogens with two attached hydrogens (primary N) is 1. The minimum Gasteiger partial charge on any atom is -0.453 e. The van der Waals surface area contributed by atoms with E-state index in [0.29, 0.717) is 12.3 Å². The zero-order chi connectivity index (χ0) is 13.0. The molecule has 0 aromatic carbocycles. The molecule has 0 radical (unpaired) electrons. The van der Waals surface area contributed by atoms with E-state index >= 15 is 0 Å². The molecule has 0 bridgehead atoms. The fourth-order valence-corrected chi connectivity index (χ4v) is 2.87. The number of amides is 1. The van der Waals surface area contributed by atoms with Gasteiger partial charge in [0, 0.05) is 13.0 Å². The Kier molecular flexibility index (Phi) is 4.83. The van der Waals surface area contributed by atoms with Gasteiger partial charge < -0.3 is 10.2 Å². The second-order valence-electron chi connectivity index (χ2n) is 4.95. The molecule has 2 rings (SSSR count). The Hall–Kier alpha value is -0.810. The van der Waals surface area contributed by atoms with Crippen LogP contribution in [0.5, 0.6) is 0 Å². The van der Waals surface area contributed by atoms with Crippen LogP contribution in [0, 0.1) is 5.92 Å². The first-order valence-corrected chi connectivity index (χ1v) is 7.17. The molecule has 2 heterocycles. The zero-order valence-corrected chi connectivity index (χ0v) is 12.0. The third-order valence-electron chi connectivity index (χ3n) is 3.41. The molecule has 1 amide bonds. The molecular formula is C13H19BrN2O2. The van der Waals surface area contributed by atoms with Crippen molar-refractivity contribution in [2.75, 3.05) is 13.1 Å². The molecule has 1 atom stereocenters. The highest BCUT2D eigenvalue weighted by atomic mass is 79.9. The second kappa shape index (κ2) is 6.38. The van der Waals surface area contributed by atoms with Crippen LogP contribution in [0.25, 0.3) is 0 Å². The van der Waals surface area contributed by atoms with Crippen LogP contribution in [-0.4, -0.2) is 23.9 Å². The number of piperidine rings is 1.